The van der Waals surface area contributed by atoms with E-state index in [1.165, 1.54) is 18.2 Å². The molecule has 1 heterocycles. The van der Waals surface area contributed by atoms with E-state index in [9.17, 15) is 13.2 Å². The topological polar surface area (TPSA) is 113 Å². The van der Waals surface area contributed by atoms with Gasteiger partial charge in [-0.25, -0.2) is 0 Å². The highest BCUT2D eigenvalue weighted by Crippen LogP contribution is 2.25. The van der Waals surface area contributed by atoms with E-state index in [0.717, 1.165) is 26.2 Å². The number of amides is 1. The largest absolute Gasteiger partial charge is 0.329 e. The molecule has 0 atom stereocenters. The van der Waals surface area contributed by atoms with Gasteiger partial charge in [0.05, 0.1) is 11.3 Å². The fourth-order valence-electron chi connectivity index (χ4n) is 2.09. The van der Waals surface area contributed by atoms with Crippen molar-refractivity contribution in [2.45, 2.75) is 25.2 Å². The molecule has 1 aliphatic rings. The molecule has 0 fully saturated rings. The van der Waals surface area contributed by atoms with Crippen LogP contribution in [0.5, 0.6) is 0 Å². The molecule has 8 heteroatoms. The summed E-state index contributed by atoms with van der Waals surface area (Å²) in [7, 11) is -4.18. The van der Waals surface area contributed by atoms with Crippen LogP contribution in [0.2, 0.25) is 0 Å². The van der Waals surface area contributed by atoms with E-state index >= 15 is 0 Å². The first-order chi connectivity index (χ1) is 10.3. The molecule has 124 valence electrons. The number of nitrogens with one attached hydrogen (secondary N) is 1. The van der Waals surface area contributed by atoms with Crippen LogP contribution in [0, 0.1) is 0 Å². The minimum Gasteiger partial charge on any atom is -0.329 e. The minimum atomic E-state index is -4.18. The number of hydrogen-bond acceptors (Lipinski definition) is 5. The van der Waals surface area contributed by atoms with Crippen molar-refractivity contribution in [2.24, 2.45) is 5.73 Å². The molecule has 0 saturated heterocycles. The summed E-state index contributed by atoms with van der Waals surface area (Å²) in [5, 5.41) is 2.56. The summed E-state index contributed by atoms with van der Waals surface area (Å²) in [5.41, 5.74) is 6.53. The third-order valence-electron chi connectivity index (χ3n) is 3.34. The quantitative estimate of drug-likeness (QED) is 0.686. The van der Waals surface area contributed by atoms with Gasteiger partial charge in [-0.15, -0.1) is 0 Å². The first kappa shape index (κ1) is 18.6. The number of hydrogen-bond donors (Lipinski definition) is 3. The number of fused-ring (bicyclic) bond motifs is 1. The lowest BCUT2D eigenvalue weighted by Gasteiger charge is -2.15. The van der Waals surface area contributed by atoms with Crippen molar-refractivity contribution < 1.29 is 17.8 Å². The number of nitrogens with two attached hydrogens (primary N) is 1. The normalized spacial score (nSPS) is 13.4. The molecule has 0 spiro atoms. The number of carbonyl (C=O) groups excluding carboxylic acids is 1. The zero-order valence-electron chi connectivity index (χ0n) is 12.9. The average Bonchev–Trinajstić information content (AvgIpc) is 2.83. The van der Waals surface area contributed by atoms with Gasteiger partial charge in [-0.05, 0) is 36.9 Å². The van der Waals surface area contributed by atoms with Crippen molar-refractivity contribution in [3.63, 3.8) is 0 Å². The summed E-state index contributed by atoms with van der Waals surface area (Å²) in [6.45, 7) is 8.36. The van der Waals surface area contributed by atoms with Gasteiger partial charge in [0.2, 0.25) is 5.91 Å². The standard InChI is InChI=1S/C8H7NO4S.C6H16N2/c10-8-4-5-3-6(14(11,12)13)1-2-7(5)9-8;1-3-8(4-2)6-5-7/h1-3H,4H2,(H,9,10)(H,11,12,13);3-7H2,1-2H3. The second-order valence-electron chi connectivity index (χ2n) is 4.83. The predicted molar refractivity (Wildman–Crippen MR) is 85.4 cm³/mol. The van der Waals surface area contributed by atoms with Gasteiger partial charge in [0.25, 0.3) is 10.1 Å². The number of benzene rings is 1. The molecular formula is C14H23N3O4S. The predicted octanol–water partition coefficient (Wildman–Crippen LogP) is 0.715. The molecule has 2 rings (SSSR count). The van der Waals surface area contributed by atoms with Gasteiger partial charge in [-0.3, -0.25) is 9.35 Å². The molecular weight excluding hydrogens is 306 g/mol. The Morgan fingerprint density at radius 3 is 2.41 bits per heavy atom. The maximum atomic E-state index is 10.9. The molecule has 1 aromatic rings. The second kappa shape index (κ2) is 8.23. The summed E-state index contributed by atoms with van der Waals surface area (Å²) >= 11 is 0. The molecule has 1 aliphatic heterocycles. The van der Waals surface area contributed by atoms with Gasteiger partial charge in [0.15, 0.2) is 0 Å². The lowest BCUT2D eigenvalue weighted by molar-refractivity contribution is -0.115. The van der Waals surface area contributed by atoms with E-state index < -0.39 is 10.1 Å². The summed E-state index contributed by atoms with van der Waals surface area (Å²) in [6, 6.07) is 4.01. The van der Waals surface area contributed by atoms with Crippen molar-refractivity contribution in [2.75, 3.05) is 31.5 Å². The summed E-state index contributed by atoms with van der Waals surface area (Å²) in [4.78, 5) is 13.1. The van der Waals surface area contributed by atoms with E-state index in [0.29, 0.717) is 11.3 Å². The van der Waals surface area contributed by atoms with Gasteiger partial charge >= 0.3 is 0 Å². The Hall–Kier alpha value is -1.48. The minimum absolute atomic E-state index is 0.151. The molecule has 0 aliphatic carbocycles. The average molecular weight is 329 g/mol. The lowest BCUT2D eigenvalue weighted by Crippen LogP contribution is -2.28. The van der Waals surface area contributed by atoms with Crippen LogP contribution in [0.15, 0.2) is 23.1 Å². The fourth-order valence-corrected chi connectivity index (χ4v) is 2.62. The van der Waals surface area contributed by atoms with E-state index in [-0.39, 0.29) is 17.2 Å². The summed E-state index contributed by atoms with van der Waals surface area (Å²) in [5.74, 6) is -0.174. The highest BCUT2D eigenvalue weighted by Gasteiger charge is 2.20. The van der Waals surface area contributed by atoms with E-state index in [4.69, 9.17) is 10.3 Å². The van der Waals surface area contributed by atoms with Gasteiger partial charge < -0.3 is 16.0 Å². The molecule has 1 amide bonds. The smallest absolute Gasteiger partial charge is 0.294 e. The van der Waals surface area contributed by atoms with Gasteiger partial charge in [-0.2, -0.15) is 8.42 Å². The Balaban J connectivity index is 0.000000261. The Morgan fingerprint density at radius 2 is 1.95 bits per heavy atom. The van der Waals surface area contributed by atoms with Crippen molar-refractivity contribution in [1.82, 2.24) is 4.90 Å². The molecule has 7 nitrogen and oxygen atoms in total. The number of rotatable bonds is 5. The highest BCUT2D eigenvalue weighted by molar-refractivity contribution is 7.85. The zero-order chi connectivity index (χ0) is 16.8. The van der Waals surface area contributed by atoms with Gasteiger partial charge in [0.1, 0.15) is 0 Å². The molecule has 22 heavy (non-hydrogen) atoms. The fraction of sp³-hybridized carbons (Fsp3) is 0.500. The highest BCUT2D eigenvalue weighted by atomic mass is 32.2. The Bertz CT molecular complexity index is 613. The van der Waals surface area contributed by atoms with Crippen LogP contribution in [0.3, 0.4) is 0 Å². The third-order valence-corrected chi connectivity index (χ3v) is 4.19. The van der Waals surface area contributed by atoms with Crippen LogP contribution in [0.1, 0.15) is 19.4 Å². The third kappa shape index (κ3) is 5.38. The van der Waals surface area contributed by atoms with Crippen LogP contribution in [-0.4, -0.2) is 50.0 Å². The number of likely N-dealkylation sites (N-methyl/N-ethyl adjacent to an activating group) is 1. The molecule has 1 aromatic carbocycles. The summed E-state index contributed by atoms with van der Waals surface area (Å²) in [6.07, 6.45) is 0.151. The van der Waals surface area contributed by atoms with Gasteiger partial charge in [0, 0.05) is 18.8 Å². The molecule has 0 radical (unpaired) electrons. The monoisotopic (exact) mass is 329 g/mol. The van der Waals surface area contributed by atoms with E-state index in [1.54, 1.807) is 0 Å². The van der Waals surface area contributed by atoms with Crippen molar-refractivity contribution >= 4 is 21.7 Å². The zero-order valence-corrected chi connectivity index (χ0v) is 13.7. The summed E-state index contributed by atoms with van der Waals surface area (Å²) < 4.78 is 30.3. The number of nitrogens with zero attached hydrogens (tertiary/aromatic N) is 1. The van der Waals surface area contributed by atoms with Crippen LogP contribution in [-0.2, 0) is 21.3 Å². The molecule has 0 unspecified atom stereocenters. The lowest BCUT2D eigenvalue weighted by atomic mass is 10.2. The van der Waals surface area contributed by atoms with Gasteiger partial charge in [-0.1, -0.05) is 13.8 Å². The molecule has 0 saturated carbocycles. The van der Waals surface area contributed by atoms with Crippen molar-refractivity contribution in [3.05, 3.63) is 23.8 Å². The van der Waals surface area contributed by atoms with E-state index in [1.807, 2.05) is 0 Å². The SMILES string of the molecule is CCN(CC)CCN.O=C1Cc2cc(S(=O)(=O)O)ccc2N1. The second-order valence-corrected chi connectivity index (χ2v) is 6.26. The maximum Gasteiger partial charge on any atom is 0.294 e. The Kier molecular flexibility index (Phi) is 6.95. The first-order valence-corrected chi connectivity index (χ1v) is 8.58. The maximum absolute atomic E-state index is 10.9. The van der Waals surface area contributed by atoms with Crippen molar-refractivity contribution in [3.8, 4) is 0 Å². The van der Waals surface area contributed by atoms with Crippen LogP contribution >= 0.6 is 0 Å². The van der Waals surface area contributed by atoms with Crippen LogP contribution in [0.4, 0.5) is 5.69 Å². The Morgan fingerprint density at radius 1 is 1.32 bits per heavy atom. The van der Waals surface area contributed by atoms with Crippen LogP contribution in [0.25, 0.3) is 0 Å². The molecule has 4 N–H and O–H groups in total. The Labute approximate surface area is 131 Å². The van der Waals surface area contributed by atoms with Crippen LogP contribution < -0.4 is 11.1 Å². The van der Waals surface area contributed by atoms with E-state index in [2.05, 4.69) is 24.1 Å². The molecule has 0 bridgehead atoms. The first-order valence-electron chi connectivity index (χ1n) is 7.14. The molecule has 0 aromatic heterocycles. The number of carbonyl (C=O) groups is 1. The number of anilines is 1. The van der Waals surface area contributed by atoms with Crippen molar-refractivity contribution in [1.29, 1.82) is 0 Å².